The third-order valence-corrected chi connectivity index (χ3v) is 1.67. The average Bonchev–Trinajstić information content (AvgIpc) is 2.05. The normalized spacial score (nSPS) is 13.0. The molecule has 0 bridgehead atoms. The first-order valence-corrected chi connectivity index (χ1v) is 3.71. The number of hydrogen-bond acceptors (Lipinski definition) is 2. The third kappa shape index (κ3) is 2.03. The Hall–Kier alpha value is -0.860. The molecule has 11 heavy (non-hydrogen) atoms. The maximum atomic E-state index is 9.20. The van der Waals surface area contributed by atoms with Gasteiger partial charge in [0.1, 0.15) is 0 Å². The highest BCUT2D eigenvalue weighted by atomic mass is 16.3. The molecule has 1 rings (SSSR count). The molecule has 2 heteroatoms. The summed E-state index contributed by atoms with van der Waals surface area (Å²) in [6.07, 6.45) is -0.401. The highest BCUT2D eigenvalue weighted by Crippen LogP contribution is 2.12. The Bertz CT molecular complexity index is 233. The maximum absolute atomic E-state index is 9.20. The van der Waals surface area contributed by atoms with Gasteiger partial charge in [-0.25, -0.2) is 0 Å². The minimum atomic E-state index is -0.401. The summed E-state index contributed by atoms with van der Waals surface area (Å²) in [5, 5.41) is 9.20. The fourth-order valence-corrected chi connectivity index (χ4v) is 0.980. The largest absolute Gasteiger partial charge is 0.389 e. The number of rotatable bonds is 2. The van der Waals surface area contributed by atoms with Gasteiger partial charge in [-0.2, -0.15) is 0 Å². The smallest absolute Gasteiger partial charge is 0.0762 e. The SMILES string of the molecule is CC(O)c1cccc(CN)c1. The van der Waals surface area contributed by atoms with Crippen molar-refractivity contribution in [3.05, 3.63) is 35.4 Å². The van der Waals surface area contributed by atoms with E-state index in [9.17, 15) is 5.11 Å². The van der Waals surface area contributed by atoms with Gasteiger partial charge in [0.2, 0.25) is 0 Å². The van der Waals surface area contributed by atoms with Crippen LogP contribution in [0.5, 0.6) is 0 Å². The van der Waals surface area contributed by atoms with Crippen LogP contribution in [0.15, 0.2) is 24.3 Å². The lowest BCUT2D eigenvalue weighted by atomic mass is 10.1. The molecule has 0 saturated carbocycles. The fourth-order valence-electron chi connectivity index (χ4n) is 0.980. The Balaban J connectivity index is 2.91. The van der Waals surface area contributed by atoms with Crippen LogP contribution in [0.4, 0.5) is 0 Å². The van der Waals surface area contributed by atoms with Crippen molar-refractivity contribution in [2.45, 2.75) is 19.6 Å². The number of hydrogen-bond donors (Lipinski definition) is 2. The molecule has 1 atom stereocenters. The van der Waals surface area contributed by atoms with Gasteiger partial charge in [0.25, 0.3) is 0 Å². The maximum Gasteiger partial charge on any atom is 0.0762 e. The molecule has 0 aliphatic rings. The van der Waals surface area contributed by atoms with E-state index in [1.165, 1.54) is 0 Å². The first-order valence-electron chi connectivity index (χ1n) is 3.71. The fraction of sp³-hybridized carbons (Fsp3) is 0.333. The molecule has 0 heterocycles. The Kier molecular flexibility index (Phi) is 2.63. The molecule has 0 aromatic heterocycles. The highest BCUT2D eigenvalue weighted by Gasteiger charge is 1.99. The predicted molar refractivity (Wildman–Crippen MR) is 45.0 cm³/mol. The lowest BCUT2D eigenvalue weighted by Crippen LogP contribution is -1.98. The summed E-state index contributed by atoms with van der Waals surface area (Å²) in [7, 11) is 0. The van der Waals surface area contributed by atoms with Crippen LogP contribution in [0, 0.1) is 0 Å². The van der Waals surface area contributed by atoms with Crippen LogP contribution in [0.25, 0.3) is 0 Å². The van der Waals surface area contributed by atoms with E-state index in [1.807, 2.05) is 24.3 Å². The van der Waals surface area contributed by atoms with Gasteiger partial charge in [-0.1, -0.05) is 24.3 Å². The molecule has 0 aliphatic heterocycles. The van der Waals surface area contributed by atoms with E-state index in [0.29, 0.717) is 6.54 Å². The molecule has 2 nitrogen and oxygen atoms in total. The van der Waals surface area contributed by atoms with Crippen molar-refractivity contribution in [1.82, 2.24) is 0 Å². The van der Waals surface area contributed by atoms with Crippen molar-refractivity contribution in [2.75, 3.05) is 0 Å². The van der Waals surface area contributed by atoms with E-state index in [4.69, 9.17) is 5.73 Å². The molecule has 0 fully saturated rings. The average molecular weight is 151 g/mol. The Morgan fingerprint density at radius 2 is 2.27 bits per heavy atom. The predicted octanol–water partition coefficient (Wildman–Crippen LogP) is 1.20. The van der Waals surface area contributed by atoms with E-state index >= 15 is 0 Å². The highest BCUT2D eigenvalue weighted by molar-refractivity contribution is 5.24. The van der Waals surface area contributed by atoms with Crippen molar-refractivity contribution < 1.29 is 5.11 Å². The van der Waals surface area contributed by atoms with Gasteiger partial charge in [-0.05, 0) is 18.1 Å². The zero-order chi connectivity index (χ0) is 8.27. The Morgan fingerprint density at radius 3 is 2.82 bits per heavy atom. The number of aliphatic hydroxyl groups excluding tert-OH is 1. The molecule has 1 aromatic rings. The Labute approximate surface area is 66.7 Å². The van der Waals surface area contributed by atoms with Crippen molar-refractivity contribution >= 4 is 0 Å². The molecule has 0 radical (unpaired) electrons. The van der Waals surface area contributed by atoms with E-state index in [0.717, 1.165) is 11.1 Å². The summed E-state index contributed by atoms with van der Waals surface area (Å²) in [5.74, 6) is 0. The first kappa shape index (κ1) is 8.24. The van der Waals surface area contributed by atoms with Gasteiger partial charge in [0, 0.05) is 6.54 Å². The number of nitrogens with two attached hydrogens (primary N) is 1. The van der Waals surface area contributed by atoms with Gasteiger partial charge >= 0.3 is 0 Å². The van der Waals surface area contributed by atoms with Crippen molar-refractivity contribution in [3.63, 3.8) is 0 Å². The summed E-state index contributed by atoms with van der Waals surface area (Å²) in [4.78, 5) is 0. The van der Waals surface area contributed by atoms with Gasteiger partial charge < -0.3 is 10.8 Å². The topological polar surface area (TPSA) is 46.2 Å². The van der Waals surface area contributed by atoms with E-state index < -0.39 is 6.10 Å². The van der Waals surface area contributed by atoms with E-state index in [1.54, 1.807) is 6.92 Å². The summed E-state index contributed by atoms with van der Waals surface area (Å²) in [5.41, 5.74) is 7.42. The first-order chi connectivity index (χ1) is 5.24. The summed E-state index contributed by atoms with van der Waals surface area (Å²) in [6, 6.07) is 7.67. The second-order valence-electron chi connectivity index (χ2n) is 2.63. The van der Waals surface area contributed by atoms with Crippen molar-refractivity contribution in [1.29, 1.82) is 0 Å². The molecule has 3 N–H and O–H groups in total. The van der Waals surface area contributed by atoms with Crippen LogP contribution in [-0.2, 0) is 6.54 Å². The summed E-state index contributed by atoms with van der Waals surface area (Å²) < 4.78 is 0. The van der Waals surface area contributed by atoms with Crippen LogP contribution in [-0.4, -0.2) is 5.11 Å². The third-order valence-electron chi connectivity index (χ3n) is 1.67. The number of aliphatic hydroxyl groups is 1. The minimum absolute atomic E-state index is 0.401. The van der Waals surface area contributed by atoms with Gasteiger partial charge in [0.15, 0.2) is 0 Å². The van der Waals surface area contributed by atoms with Crippen LogP contribution < -0.4 is 5.73 Å². The van der Waals surface area contributed by atoms with Crippen LogP contribution in [0.3, 0.4) is 0 Å². The standard InChI is InChI=1S/C9H13NO/c1-7(11)9-4-2-3-8(5-9)6-10/h2-5,7,11H,6,10H2,1H3. The molecule has 0 amide bonds. The van der Waals surface area contributed by atoms with E-state index in [-0.39, 0.29) is 0 Å². The molecule has 60 valence electrons. The van der Waals surface area contributed by atoms with Crippen molar-refractivity contribution in [2.24, 2.45) is 5.73 Å². The monoisotopic (exact) mass is 151 g/mol. The minimum Gasteiger partial charge on any atom is -0.389 e. The zero-order valence-electron chi connectivity index (χ0n) is 6.62. The zero-order valence-corrected chi connectivity index (χ0v) is 6.62. The van der Waals surface area contributed by atoms with Gasteiger partial charge in [-0.15, -0.1) is 0 Å². The Morgan fingerprint density at radius 1 is 1.55 bits per heavy atom. The number of benzene rings is 1. The molecule has 0 aliphatic carbocycles. The lowest BCUT2D eigenvalue weighted by Gasteiger charge is -2.05. The van der Waals surface area contributed by atoms with Crippen LogP contribution in [0.2, 0.25) is 0 Å². The second-order valence-corrected chi connectivity index (χ2v) is 2.63. The van der Waals surface area contributed by atoms with Crippen molar-refractivity contribution in [3.8, 4) is 0 Å². The lowest BCUT2D eigenvalue weighted by molar-refractivity contribution is 0.199. The van der Waals surface area contributed by atoms with Crippen LogP contribution in [0.1, 0.15) is 24.2 Å². The molecule has 0 saturated heterocycles. The molecular formula is C9H13NO. The quantitative estimate of drug-likeness (QED) is 0.667. The molecule has 1 unspecified atom stereocenters. The molecular weight excluding hydrogens is 138 g/mol. The molecule has 0 spiro atoms. The van der Waals surface area contributed by atoms with E-state index in [2.05, 4.69) is 0 Å². The van der Waals surface area contributed by atoms with Gasteiger partial charge in [-0.3, -0.25) is 0 Å². The summed E-state index contributed by atoms with van der Waals surface area (Å²) >= 11 is 0. The van der Waals surface area contributed by atoms with Crippen LogP contribution >= 0.6 is 0 Å². The van der Waals surface area contributed by atoms with Gasteiger partial charge in [0.05, 0.1) is 6.10 Å². The molecule has 1 aromatic carbocycles. The second kappa shape index (κ2) is 3.51. The summed E-state index contributed by atoms with van der Waals surface area (Å²) in [6.45, 7) is 2.27.